The van der Waals surface area contributed by atoms with Crippen LogP contribution in [-0.4, -0.2) is 11.7 Å². The second kappa shape index (κ2) is 2.24. The molecule has 1 nitrogen and oxygen atoms in total. The van der Waals surface area contributed by atoms with E-state index in [-0.39, 0.29) is 0 Å². The molecular weight excluding hydrogens is 124 g/mol. The number of fused-ring (bicyclic) bond motifs is 2. The lowest BCUT2D eigenvalue weighted by molar-refractivity contribution is 0.179. The molecule has 0 heterocycles. The Morgan fingerprint density at radius 1 is 1.30 bits per heavy atom. The number of hydrogen-bond acceptors (Lipinski definition) is 1. The summed E-state index contributed by atoms with van der Waals surface area (Å²) in [5.74, 6) is 1.65. The highest BCUT2D eigenvalue weighted by molar-refractivity contribution is 5.18. The van der Waals surface area contributed by atoms with Crippen LogP contribution in [0, 0.1) is 17.8 Å². The van der Waals surface area contributed by atoms with Crippen LogP contribution < -0.4 is 0 Å². The van der Waals surface area contributed by atoms with Gasteiger partial charge in [0.2, 0.25) is 0 Å². The minimum Gasteiger partial charge on any atom is -0.396 e. The molecule has 0 spiro atoms. The van der Waals surface area contributed by atoms with Crippen molar-refractivity contribution in [2.75, 3.05) is 6.61 Å². The Kier molecular flexibility index (Phi) is 1.38. The molecule has 0 radical (unpaired) electrons. The van der Waals surface area contributed by atoms with Gasteiger partial charge >= 0.3 is 0 Å². The van der Waals surface area contributed by atoms with Gasteiger partial charge < -0.3 is 5.11 Å². The fourth-order valence-corrected chi connectivity index (χ4v) is 1.95. The quantitative estimate of drug-likeness (QED) is 0.539. The van der Waals surface area contributed by atoms with Crippen LogP contribution in [0.1, 0.15) is 6.42 Å². The molecule has 0 aliphatic heterocycles. The topological polar surface area (TPSA) is 20.2 Å². The average Bonchev–Trinajstić information content (AvgIpc) is 2.19. The van der Waals surface area contributed by atoms with Gasteiger partial charge in [0.15, 0.2) is 0 Å². The van der Waals surface area contributed by atoms with Crippen LogP contribution in [0.5, 0.6) is 0 Å². The monoisotopic (exact) mass is 136 g/mol. The van der Waals surface area contributed by atoms with Gasteiger partial charge in [-0.3, -0.25) is 0 Å². The molecule has 1 heteroatoms. The Morgan fingerprint density at radius 2 is 2.20 bits per heavy atom. The predicted molar refractivity (Wildman–Crippen MR) is 40.5 cm³/mol. The van der Waals surface area contributed by atoms with Crippen molar-refractivity contribution in [3.8, 4) is 0 Å². The highest BCUT2D eigenvalue weighted by Crippen LogP contribution is 2.37. The predicted octanol–water partition coefficient (Wildman–Crippen LogP) is 1.36. The molecule has 0 fully saturated rings. The molecule has 0 unspecified atom stereocenters. The first-order valence-electron chi connectivity index (χ1n) is 3.87. The molecule has 1 N–H and O–H groups in total. The Morgan fingerprint density at radius 3 is 2.80 bits per heavy atom. The maximum Gasteiger partial charge on any atom is 0.0473 e. The van der Waals surface area contributed by atoms with Gasteiger partial charge in [-0.05, 0) is 18.3 Å². The van der Waals surface area contributed by atoms with Crippen LogP contribution >= 0.6 is 0 Å². The highest BCUT2D eigenvalue weighted by atomic mass is 16.3. The molecule has 0 aromatic rings. The number of hydrogen-bond donors (Lipinski definition) is 1. The van der Waals surface area contributed by atoms with E-state index < -0.39 is 0 Å². The van der Waals surface area contributed by atoms with Gasteiger partial charge in [0.05, 0.1) is 0 Å². The van der Waals surface area contributed by atoms with Crippen molar-refractivity contribution >= 4 is 0 Å². The van der Waals surface area contributed by atoms with Crippen molar-refractivity contribution in [2.45, 2.75) is 6.42 Å². The Labute approximate surface area is 61.1 Å². The first-order chi connectivity index (χ1) is 4.92. The maximum atomic E-state index is 9.00. The van der Waals surface area contributed by atoms with Gasteiger partial charge in [-0.25, -0.2) is 0 Å². The molecule has 54 valence electrons. The molecule has 2 rings (SSSR count). The summed E-state index contributed by atoms with van der Waals surface area (Å²) in [5, 5.41) is 9.00. The van der Waals surface area contributed by atoms with Crippen molar-refractivity contribution in [1.29, 1.82) is 0 Å². The molecule has 0 amide bonds. The normalized spacial score (nSPS) is 42.7. The summed E-state index contributed by atoms with van der Waals surface area (Å²) >= 11 is 0. The zero-order valence-corrected chi connectivity index (χ0v) is 5.90. The van der Waals surface area contributed by atoms with E-state index in [0.29, 0.717) is 24.4 Å². The first kappa shape index (κ1) is 6.17. The molecule has 0 aromatic carbocycles. The minimum atomic E-state index is 0.340. The lowest BCUT2D eigenvalue weighted by Gasteiger charge is -2.23. The lowest BCUT2D eigenvalue weighted by Crippen LogP contribution is -2.21. The third kappa shape index (κ3) is 0.739. The zero-order valence-electron chi connectivity index (χ0n) is 5.90. The van der Waals surface area contributed by atoms with Gasteiger partial charge in [0, 0.05) is 12.5 Å². The largest absolute Gasteiger partial charge is 0.396 e. The number of rotatable bonds is 1. The smallest absolute Gasteiger partial charge is 0.0473 e. The van der Waals surface area contributed by atoms with Crippen molar-refractivity contribution < 1.29 is 5.11 Å². The molecule has 2 aliphatic carbocycles. The molecule has 0 saturated heterocycles. The van der Waals surface area contributed by atoms with Crippen molar-refractivity contribution in [1.82, 2.24) is 0 Å². The van der Waals surface area contributed by atoms with E-state index in [2.05, 4.69) is 24.3 Å². The second-order valence-electron chi connectivity index (χ2n) is 3.14. The third-order valence-electron chi connectivity index (χ3n) is 2.60. The summed E-state index contributed by atoms with van der Waals surface area (Å²) in [5.41, 5.74) is 0. The van der Waals surface area contributed by atoms with Gasteiger partial charge in [-0.2, -0.15) is 0 Å². The molecule has 3 atom stereocenters. The maximum absolute atomic E-state index is 9.00. The summed E-state index contributed by atoms with van der Waals surface area (Å²) in [7, 11) is 0. The zero-order chi connectivity index (χ0) is 6.97. The van der Waals surface area contributed by atoms with E-state index in [4.69, 9.17) is 5.11 Å². The summed E-state index contributed by atoms with van der Waals surface area (Å²) in [6.45, 7) is 0.340. The van der Waals surface area contributed by atoms with Gasteiger partial charge in [0.1, 0.15) is 0 Å². The van der Waals surface area contributed by atoms with Crippen LogP contribution in [0.4, 0.5) is 0 Å². The van der Waals surface area contributed by atoms with Gasteiger partial charge in [-0.1, -0.05) is 24.3 Å². The Bertz CT molecular complexity index is 179. The average molecular weight is 136 g/mol. The van der Waals surface area contributed by atoms with Crippen LogP contribution in [0.3, 0.4) is 0 Å². The number of aliphatic hydroxyl groups excluding tert-OH is 1. The van der Waals surface area contributed by atoms with E-state index in [0.717, 1.165) is 6.42 Å². The second-order valence-corrected chi connectivity index (χ2v) is 3.14. The first-order valence-corrected chi connectivity index (χ1v) is 3.87. The lowest BCUT2D eigenvalue weighted by atomic mass is 9.82. The van der Waals surface area contributed by atoms with Crippen molar-refractivity contribution in [3.05, 3.63) is 24.3 Å². The van der Waals surface area contributed by atoms with E-state index in [1.807, 2.05) is 0 Å². The van der Waals surface area contributed by atoms with Crippen molar-refractivity contribution in [3.63, 3.8) is 0 Å². The molecule has 2 aliphatic rings. The SMILES string of the molecule is OC[C@@H]1[C@H]2C=CC[C@@H]1C=C2. The highest BCUT2D eigenvalue weighted by Gasteiger charge is 2.30. The Balaban J connectivity index is 2.21. The van der Waals surface area contributed by atoms with E-state index >= 15 is 0 Å². The minimum absolute atomic E-state index is 0.340. The molecule has 2 bridgehead atoms. The molecule has 0 saturated carbocycles. The van der Waals surface area contributed by atoms with Crippen LogP contribution in [-0.2, 0) is 0 Å². The number of allylic oxidation sites excluding steroid dienone is 4. The van der Waals surface area contributed by atoms with Crippen LogP contribution in [0.15, 0.2) is 24.3 Å². The standard InChI is InChI=1S/C9H12O/c10-6-9-7-2-1-3-8(9)5-4-7/h1-2,4-5,7-10H,3,6H2/t7-,8+,9+/m0/s1. The summed E-state index contributed by atoms with van der Waals surface area (Å²) < 4.78 is 0. The summed E-state index contributed by atoms with van der Waals surface area (Å²) in [6.07, 6.45) is 10.0. The van der Waals surface area contributed by atoms with Crippen molar-refractivity contribution in [2.24, 2.45) is 17.8 Å². The summed E-state index contributed by atoms with van der Waals surface area (Å²) in [6, 6.07) is 0. The number of aliphatic hydroxyl groups is 1. The molecule has 0 aromatic heterocycles. The Hall–Kier alpha value is -0.560. The fourth-order valence-electron chi connectivity index (χ4n) is 1.95. The van der Waals surface area contributed by atoms with Crippen LogP contribution in [0.25, 0.3) is 0 Å². The fraction of sp³-hybridized carbons (Fsp3) is 0.556. The van der Waals surface area contributed by atoms with E-state index in [9.17, 15) is 0 Å². The van der Waals surface area contributed by atoms with E-state index in [1.54, 1.807) is 0 Å². The third-order valence-corrected chi connectivity index (χ3v) is 2.60. The molecule has 10 heavy (non-hydrogen) atoms. The van der Waals surface area contributed by atoms with Gasteiger partial charge in [0.25, 0.3) is 0 Å². The van der Waals surface area contributed by atoms with Crippen LogP contribution in [0.2, 0.25) is 0 Å². The van der Waals surface area contributed by atoms with Gasteiger partial charge in [-0.15, -0.1) is 0 Å². The molecular formula is C9H12O. The van der Waals surface area contributed by atoms with E-state index in [1.165, 1.54) is 0 Å². The summed E-state index contributed by atoms with van der Waals surface area (Å²) in [4.78, 5) is 0.